The molecule has 0 saturated heterocycles. The fourth-order valence-corrected chi connectivity index (χ4v) is 2.82. The molecule has 0 bridgehead atoms. The first-order valence-electron chi connectivity index (χ1n) is 5.97. The summed E-state index contributed by atoms with van der Waals surface area (Å²) in [6.45, 7) is 0. The second-order valence-corrected chi connectivity index (χ2v) is 6.07. The van der Waals surface area contributed by atoms with Crippen LogP contribution in [0.15, 0.2) is 34.8 Å². The maximum absolute atomic E-state index is 14.0. The molecule has 0 fully saturated rings. The lowest BCUT2D eigenvalue weighted by Gasteiger charge is -2.15. The Morgan fingerprint density at radius 2 is 1.48 bits per heavy atom. The summed E-state index contributed by atoms with van der Waals surface area (Å²) < 4.78 is 38.1. The molecule has 0 heterocycles. The summed E-state index contributed by atoms with van der Waals surface area (Å²) in [5.74, 6) is 0.122. The van der Waals surface area contributed by atoms with Crippen LogP contribution in [-0.4, -0.2) is 14.2 Å². The van der Waals surface area contributed by atoms with Crippen LogP contribution < -0.4 is 9.47 Å². The van der Waals surface area contributed by atoms with Gasteiger partial charge >= 0.3 is 0 Å². The summed E-state index contributed by atoms with van der Waals surface area (Å²) in [7, 11) is 3.06. The number of ether oxygens (including phenoxy) is 2. The zero-order chi connectivity index (χ0) is 15.6. The number of benzene rings is 2. The molecular weight excluding hydrogens is 410 g/mol. The van der Waals surface area contributed by atoms with E-state index < -0.39 is 16.5 Å². The van der Waals surface area contributed by atoms with Gasteiger partial charge in [-0.3, -0.25) is 0 Å². The minimum atomic E-state index is -0.524. The highest BCUT2D eigenvalue weighted by Gasteiger charge is 2.19. The number of hydrogen-bond acceptors (Lipinski definition) is 2. The van der Waals surface area contributed by atoms with Crippen LogP contribution in [0, 0.1) is 11.6 Å². The Hall–Kier alpha value is -1.14. The number of alkyl halides is 1. The van der Waals surface area contributed by atoms with Gasteiger partial charge in [0.25, 0.3) is 0 Å². The van der Waals surface area contributed by atoms with Gasteiger partial charge < -0.3 is 9.47 Å². The van der Waals surface area contributed by atoms with Crippen molar-refractivity contribution in [1.82, 2.24) is 0 Å². The molecule has 0 radical (unpaired) electrons. The maximum atomic E-state index is 14.0. The average Bonchev–Trinajstić information content (AvgIpc) is 2.49. The highest BCUT2D eigenvalue weighted by molar-refractivity contribution is 9.10. The number of rotatable bonds is 4. The maximum Gasteiger partial charge on any atom is 0.137 e. The molecule has 0 amide bonds. The third-order valence-corrected chi connectivity index (χ3v) is 4.61. The predicted molar refractivity (Wildman–Crippen MR) is 84.4 cm³/mol. The molecule has 6 heteroatoms. The summed E-state index contributed by atoms with van der Waals surface area (Å²) in [5.41, 5.74) is 0.901. The molecule has 2 rings (SSSR count). The van der Waals surface area contributed by atoms with Crippen LogP contribution in [0.5, 0.6) is 11.5 Å². The summed E-state index contributed by atoms with van der Waals surface area (Å²) in [4.78, 5) is -0.524. The van der Waals surface area contributed by atoms with Gasteiger partial charge in [-0.05, 0) is 45.8 Å². The Morgan fingerprint density at radius 3 is 2.00 bits per heavy atom. The molecule has 2 aromatic rings. The van der Waals surface area contributed by atoms with Crippen molar-refractivity contribution in [2.75, 3.05) is 14.2 Å². The highest BCUT2D eigenvalue weighted by Crippen LogP contribution is 2.37. The third-order valence-electron chi connectivity index (χ3n) is 2.98. The second-order valence-electron chi connectivity index (χ2n) is 4.30. The minimum absolute atomic E-state index is 0.0895. The number of methoxy groups -OCH3 is 2. The van der Waals surface area contributed by atoms with Crippen LogP contribution in [0.1, 0.15) is 16.0 Å². The van der Waals surface area contributed by atoms with Gasteiger partial charge in [0.2, 0.25) is 0 Å². The van der Waals surface area contributed by atoms with E-state index in [1.54, 1.807) is 18.2 Å². The normalized spacial score (nSPS) is 12.1. The van der Waals surface area contributed by atoms with Crippen molar-refractivity contribution in [3.8, 4) is 11.5 Å². The molecule has 1 unspecified atom stereocenters. The smallest absolute Gasteiger partial charge is 0.137 e. The molecule has 0 spiro atoms. The molecular formula is C15H12Br2F2O2. The Bertz CT molecular complexity index is 640. The van der Waals surface area contributed by atoms with E-state index in [1.807, 2.05) is 0 Å². The van der Waals surface area contributed by atoms with Gasteiger partial charge in [-0.2, -0.15) is 0 Å². The fraction of sp³-hybridized carbons (Fsp3) is 0.200. The average molecular weight is 422 g/mol. The third kappa shape index (κ3) is 3.55. The van der Waals surface area contributed by atoms with Crippen molar-refractivity contribution in [2.45, 2.75) is 4.83 Å². The fourth-order valence-electron chi connectivity index (χ4n) is 1.89. The molecule has 0 N–H and O–H groups in total. The van der Waals surface area contributed by atoms with Crippen molar-refractivity contribution in [2.24, 2.45) is 0 Å². The van der Waals surface area contributed by atoms with Gasteiger partial charge in [-0.1, -0.05) is 15.9 Å². The van der Waals surface area contributed by atoms with Gasteiger partial charge in [-0.15, -0.1) is 0 Å². The predicted octanol–water partition coefficient (Wildman–Crippen LogP) is 5.23. The molecule has 1 atom stereocenters. The first-order valence-corrected chi connectivity index (χ1v) is 7.68. The number of halogens is 4. The van der Waals surface area contributed by atoms with E-state index in [-0.39, 0.29) is 10.0 Å². The molecule has 0 aliphatic carbocycles. The van der Waals surface area contributed by atoms with Crippen molar-refractivity contribution in [3.05, 3.63) is 57.6 Å². The van der Waals surface area contributed by atoms with Crippen LogP contribution in [-0.2, 0) is 0 Å². The summed E-state index contributed by atoms with van der Waals surface area (Å²) >= 11 is 6.36. The topological polar surface area (TPSA) is 18.5 Å². The van der Waals surface area contributed by atoms with Crippen molar-refractivity contribution in [1.29, 1.82) is 0 Å². The lowest BCUT2D eigenvalue weighted by atomic mass is 10.0. The Labute approximate surface area is 138 Å². The summed E-state index contributed by atoms with van der Waals surface area (Å²) in [6.07, 6.45) is 0. The summed E-state index contributed by atoms with van der Waals surface area (Å²) in [6, 6.07) is 7.45. The lowest BCUT2D eigenvalue weighted by Crippen LogP contribution is -2.00. The molecule has 112 valence electrons. The highest BCUT2D eigenvalue weighted by atomic mass is 79.9. The molecule has 0 aromatic heterocycles. The van der Waals surface area contributed by atoms with Crippen molar-refractivity contribution < 1.29 is 18.3 Å². The zero-order valence-electron chi connectivity index (χ0n) is 11.3. The molecule has 2 nitrogen and oxygen atoms in total. The van der Waals surface area contributed by atoms with Crippen molar-refractivity contribution in [3.63, 3.8) is 0 Å². The van der Waals surface area contributed by atoms with E-state index in [1.165, 1.54) is 14.2 Å². The van der Waals surface area contributed by atoms with Crippen LogP contribution in [0.2, 0.25) is 0 Å². The zero-order valence-corrected chi connectivity index (χ0v) is 14.5. The molecule has 0 aliphatic rings. The Kier molecular flexibility index (Phi) is 5.22. The van der Waals surface area contributed by atoms with Gasteiger partial charge in [0.1, 0.15) is 23.1 Å². The monoisotopic (exact) mass is 420 g/mol. The summed E-state index contributed by atoms with van der Waals surface area (Å²) in [5, 5.41) is 0. The first-order chi connectivity index (χ1) is 9.96. The van der Waals surface area contributed by atoms with Gasteiger partial charge in [-0.25, -0.2) is 8.78 Å². The van der Waals surface area contributed by atoms with Crippen molar-refractivity contribution >= 4 is 31.9 Å². The Morgan fingerprint density at radius 1 is 0.905 bits per heavy atom. The quantitative estimate of drug-likeness (QED) is 0.497. The van der Waals surface area contributed by atoms with E-state index in [0.717, 1.165) is 12.1 Å². The molecule has 0 aliphatic heterocycles. The van der Waals surface area contributed by atoms with Crippen LogP contribution >= 0.6 is 31.9 Å². The van der Waals surface area contributed by atoms with Crippen LogP contribution in [0.4, 0.5) is 8.78 Å². The largest absolute Gasteiger partial charge is 0.497 e. The second kappa shape index (κ2) is 6.75. The van der Waals surface area contributed by atoms with Gasteiger partial charge in [0, 0.05) is 11.6 Å². The Balaban J connectivity index is 2.49. The van der Waals surface area contributed by atoms with Crippen LogP contribution in [0.3, 0.4) is 0 Å². The standard InChI is InChI=1S/C15H12Br2F2O2/c1-20-9-3-8(4-10(5-9)21-2)15(17)11-6-14(19)12(16)7-13(11)18/h3-7,15H,1-2H3. The molecule has 0 saturated carbocycles. The van der Waals surface area contributed by atoms with E-state index in [4.69, 9.17) is 9.47 Å². The van der Waals surface area contributed by atoms with E-state index >= 15 is 0 Å². The number of hydrogen-bond donors (Lipinski definition) is 0. The minimum Gasteiger partial charge on any atom is -0.497 e. The van der Waals surface area contributed by atoms with Gasteiger partial charge in [0.15, 0.2) is 0 Å². The van der Waals surface area contributed by atoms with E-state index in [0.29, 0.717) is 17.1 Å². The van der Waals surface area contributed by atoms with E-state index in [9.17, 15) is 8.78 Å². The molecule has 21 heavy (non-hydrogen) atoms. The first kappa shape index (κ1) is 16.2. The SMILES string of the molecule is COc1cc(OC)cc(C(Br)c2cc(F)c(Br)cc2F)c1. The lowest BCUT2D eigenvalue weighted by molar-refractivity contribution is 0.393. The molecule has 2 aromatic carbocycles. The van der Waals surface area contributed by atoms with E-state index in [2.05, 4.69) is 31.9 Å². The van der Waals surface area contributed by atoms with Gasteiger partial charge in [0.05, 0.1) is 23.5 Å². The van der Waals surface area contributed by atoms with Crippen LogP contribution in [0.25, 0.3) is 0 Å².